The fourth-order valence-corrected chi connectivity index (χ4v) is 3.86. The van der Waals surface area contributed by atoms with Crippen LogP contribution >= 0.6 is 11.6 Å². The van der Waals surface area contributed by atoms with Crippen molar-refractivity contribution in [3.05, 3.63) is 115 Å². The molecule has 0 aliphatic rings. The summed E-state index contributed by atoms with van der Waals surface area (Å²) >= 11 is 5.64. The van der Waals surface area contributed by atoms with E-state index in [4.69, 9.17) is 33.9 Å². The summed E-state index contributed by atoms with van der Waals surface area (Å²) in [5.41, 5.74) is 2.52. The molecule has 4 aromatic rings. The third-order valence-corrected chi connectivity index (χ3v) is 5.78. The number of benzene rings is 4. The van der Waals surface area contributed by atoms with Gasteiger partial charge in [0.25, 0.3) is 5.91 Å². The van der Waals surface area contributed by atoms with Crippen LogP contribution in [0.2, 0.25) is 0 Å². The van der Waals surface area contributed by atoms with Gasteiger partial charge in [-0.1, -0.05) is 42.7 Å². The molecule has 1 N–H and O–H groups in total. The number of carbonyl (C=O) groups excluding carboxylic acids is 2. The average molecular weight is 547 g/mol. The molecule has 0 spiro atoms. The van der Waals surface area contributed by atoms with Crippen molar-refractivity contribution in [3.63, 3.8) is 0 Å². The van der Waals surface area contributed by atoms with Crippen LogP contribution in [-0.2, 0) is 9.59 Å². The third kappa shape index (κ3) is 6.71. The number of nitrogens with zero attached hydrogens (tertiary/aromatic N) is 1. The number of anilines is 3. The Morgan fingerprint density at radius 1 is 0.825 bits per heavy atom. The van der Waals surface area contributed by atoms with Gasteiger partial charge in [0.2, 0.25) is 5.91 Å². The maximum Gasteiger partial charge on any atom is 0.254 e. The maximum atomic E-state index is 13.1. The second-order valence-corrected chi connectivity index (χ2v) is 8.56. The Hall–Kier alpha value is -5.43. The summed E-state index contributed by atoms with van der Waals surface area (Å²) in [6, 6.07) is 26.0. The predicted molar refractivity (Wildman–Crippen MR) is 158 cm³/mol. The lowest BCUT2D eigenvalue weighted by molar-refractivity contribution is -0.114. The van der Waals surface area contributed by atoms with Gasteiger partial charge in [-0.25, -0.2) is 0 Å². The molecule has 7 heteroatoms. The second-order valence-electron chi connectivity index (χ2n) is 8.29. The first-order chi connectivity index (χ1) is 19.4. The number of nitrogens with one attached hydrogen (secondary N) is 1. The van der Waals surface area contributed by atoms with Gasteiger partial charge in [0, 0.05) is 23.3 Å². The molecule has 0 unspecified atom stereocenters. The third-order valence-electron chi connectivity index (χ3n) is 5.53. The summed E-state index contributed by atoms with van der Waals surface area (Å²) in [6.45, 7) is 3.66. The summed E-state index contributed by atoms with van der Waals surface area (Å²) in [7, 11) is 0. The minimum atomic E-state index is -0.402. The van der Waals surface area contributed by atoms with Crippen LogP contribution in [0.1, 0.15) is 11.1 Å². The summed E-state index contributed by atoms with van der Waals surface area (Å²) in [4.78, 5) is 26.4. The van der Waals surface area contributed by atoms with Crippen LogP contribution in [0.25, 0.3) is 0 Å². The van der Waals surface area contributed by atoms with E-state index in [1.807, 2.05) is 0 Å². The Morgan fingerprint density at radius 2 is 1.50 bits per heavy atom. The first-order valence-corrected chi connectivity index (χ1v) is 12.5. The van der Waals surface area contributed by atoms with E-state index in [1.165, 1.54) is 11.0 Å². The first kappa shape index (κ1) is 27.6. The van der Waals surface area contributed by atoms with Gasteiger partial charge in [0.1, 0.15) is 23.1 Å². The van der Waals surface area contributed by atoms with E-state index < -0.39 is 5.91 Å². The van der Waals surface area contributed by atoms with Crippen molar-refractivity contribution in [2.45, 2.75) is 0 Å². The zero-order valence-corrected chi connectivity index (χ0v) is 22.0. The van der Waals surface area contributed by atoms with Gasteiger partial charge in [0.15, 0.2) is 5.75 Å². The molecule has 0 atom stereocenters. The van der Waals surface area contributed by atoms with Crippen molar-refractivity contribution in [2.75, 3.05) is 16.1 Å². The lowest BCUT2D eigenvalue weighted by atomic mass is 10.1. The number of carbonyl (C=O) groups is 2. The van der Waals surface area contributed by atoms with Gasteiger partial charge < -0.3 is 14.8 Å². The number of alkyl halides is 1. The van der Waals surface area contributed by atoms with Crippen LogP contribution in [0.5, 0.6) is 23.0 Å². The molecule has 40 heavy (non-hydrogen) atoms. The lowest BCUT2D eigenvalue weighted by Gasteiger charge is -2.23. The summed E-state index contributed by atoms with van der Waals surface area (Å²) < 4.78 is 12.1. The van der Waals surface area contributed by atoms with Gasteiger partial charge in [-0.2, -0.15) is 0 Å². The maximum absolute atomic E-state index is 13.1. The molecule has 0 fully saturated rings. The number of hydrogen-bond donors (Lipinski definition) is 1. The number of halogens is 1. The van der Waals surface area contributed by atoms with Crippen molar-refractivity contribution < 1.29 is 19.1 Å². The van der Waals surface area contributed by atoms with E-state index in [-0.39, 0.29) is 11.8 Å². The minimum Gasteiger partial charge on any atom is -0.457 e. The lowest BCUT2D eigenvalue weighted by Crippen LogP contribution is -2.23. The Balaban J connectivity index is 1.72. The molecule has 196 valence electrons. The van der Waals surface area contributed by atoms with Gasteiger partial charge in [-0.3, -0.25) is 14.5 Å². The number of rotatable bonds is 9. The standard InChI is InChI=1S/C33H23ClN2O4/c1-4-23-11-9-13-27(18-23)39-28-14-10-12-25(20-28)36(33(38)6-3)26-17-24(5-2)19-29(21-26)40-31-16-8-7-15-30(31)35-32(37)22-34/h1-2,6-21H,3,22H2,(H,35,37). The number of ether oxygens (including phenoxy) is 2. The smallest absolute Gasteiger partial charge is 0.254 e. The quantitative estimate of drug-likeness (QED) is 0.136. The van der Waals surface area contributed by atoms with Crippen LogP contribution in [0.4, 0.5) is 17.1 Å². The highest BCUT2D eigenvalue weighted by Crippen LogP contribution is 2.36. The largest absolute Gasteiger partial charge is 0.457 e. The molecule has 4 aromatic carbocycles. The van der Waals surface area contributed by atoms with Crippen molar-refractivity contribution >= 4 is 40.5 Å². The van der Waals surface area contributed by atoms with Gasteiger partial charge in [0.05, 0.1) is 17.1 Å². The Labute approximate surface area is 237 Å². The van der Waals surface area contributed by atoms with Gasteiger partial charge in [-0.15, -0.1) is 24.4 Å². The SMILES string of the molecule is C#Cc1cccc(Oc2cccc(N(C(=O)C=C)c3cc(C#C)cc(Oc4ccccc4NC(=O)CCl)c3)c2)c1. The Bertz CT molecular complexity index is 1670. The number of amides is 2. The summed E-state index contributed by atoms with van der Waals surface area (Å²) in [5, 5.41) is 2.69. The van der Waals surface area contributed by atoms with E-state index in [1.54, 1.807) is 91.0 Å². The van der Waals surface area contributed by atoms with Crippen LogP contribution in [0, 0.1) is 24.7 Å². The first-order valence-electron chi connectivity index (χ1n) is 12.0. The molecule has 2 amide bonds. The monoisotopic (exact) mass is 546 g/mol. The van der Waals surface area contributed by atoms with Crippen molar-refractivity contribution in [1.82, 2.24) is 0 Å². The van der Waals surface area contributed by atoms with Crippen molar-refractivity contribution in [3.8, 4) is 47.7 Å². The Morgan fingerprint density at radius 3 is 2.23 bits per heavy atom. The highest BCUT2D eigenvalue weighted by molar-refractivity contribution is 6.29. The number of terminal acetylenes is 2. The molecule has 0 aliphatic carbocycles. The van der Waals surface area contributed by atoms with E-state index in [0.29, 0.717) is 51.2 Å². The Kier molecular flexibility index (Phi) is 8.89. The molecule has 0 radical (unpaired) electrons. The van der Waals surface area contributed by atoms with Crippen LogP contribution < -0.4 is 19.7 Å². The van der Waals surface area contributed by atoms with Crippen molar-refractivity contribution in [2.24, 2.45) is 0 Å². The normalized spacial score (nSPS) is 9.97. The topological polar surface area (TPSA) is 67.9 Å². The number of hydrogen-bond acceptors (Lipinski definition) is 4. The predicted octanol–water partition coefficient (Wildman–Crippen LogP) is 7.26. The molecule has 0 aliphatic heterocycles. The molecule has 0 aromatic heterocycles. The van der Waals surface area contributed by atoms with Gasteiger partial charge in [-0.05, 0) is 60.7 Å². The minimum absolute atomic E-state index is 0.207. The molecular formula is C33H23ClN2O4. The zero-order valence-electron chi connectivity index (χ0n) is 21.3. The second kappa shape index (κ2) is 12.9. The zero-order chi connectivity index (χ0) is 28.5. The molecule has 0 saturated carbocycles. The highest BCUT2D eigenvalue weighted by Gasteiger charge is 2.19. The van der Waals surface area contributed by atoms with Crippen LogP contribution in [-0.4, -0.2) is 17.7 Å². The van der Waals surface area contributed by atoms with Crippen LogP contribution in [0.3, 0.4) is 0 Å². The molecule has 0 heterocycles. The average Bonchev–Trinajstić information content (AvgIpc) is 2.98. The molecule has 6 nitrogen and oxygen atoms in total. The van der Waals surface area contributed by atoms with E-state index in [2.05, 4.69) is 23.7 Å². The highest BCUT2D eigenvalue weighted by atomic mass is 35.5. The molecular weight excluding hydrogens is 524 g/mol. The fourth-order valence-electron chi connectivity index (χ4n) is 3.79. The summed E-state index contributed by atoms with van der Waals surface area (Å²) in [6.07, 6.45) is 12.4. The molecule has 4 rings (SSSR count). The molecule has 0 saturated heterocycles. The van der Waals surface area contributed by atoms with Gasteiger partial charge >= 0.3 is 0 Å². The molecule has 0 bridgehead atoms. The van der Waals surface area contributed by atoms with E-state index >= 15 is 0 Å². The van der Waals surface area contributed by atoms with Crippen molar-refractivity contribution in [1.29, 1.82) is 0 Å². The number of para-hydroxylation sites is 2. The summed E-state index contributed by atoms with van der Waals surface area (Å²) in [5.74, 6) is 5.94. The van der Waals surface area contributed by atoms with Crippen LogP contribution in [0.15, 0.2) is 104 Å². The fraction of sp³-hybridized carbons (Fsp3) is 0.0303. The van der Waals surface area contributed by atoms with E-state index in [9.17, 15) is 9.59 Å². The van der Waals surface area contributed by atoms with E-state index in [0.717, 1.165) is 0 Å².